The van der Waals surface area contributed by atoms with E-state index in [1.165, 1.54) is 4.90 Å². The Morgan fingerprint density at radius 2 is 1.61 bits per heavy atom. The zero-order chi connectivity index (χ0) is 24.8. The molecule has 0 bridgehead atoms. The zero-order valence-electron chi connectivity index (χ0n) is 19.8. The van der Waals surface area contributed by atoms with Gasteiger partial charge in [-0.3, -0.25) is 13.9 Å². The number of amides is 2. The number of sulfonamides is 1. The molecule has 0 unspecified atom stereocenters. The SMILES string of the molecule is CCNC(=O)[C@@H](CC)N(Cc1ccc(Cl)cc1)C(=O)CN(c1c(C)cccc1C)S(C)(=O)=O. The van der Waals surface area contributed by atoms with Gasteiger partial charge in [0.25, 0.3) is 0 Å². The second-order valence-corrected chi connectivity index (χ2v) is 10.3. The molecule has 1 atom stereocenters. The summed E-state index contributed by atoms with van der Waals surface area (Å²) >= 11 is 5.99. The number of rotatable bonds is 10. The molecule has 0 aliphatic carbocycles. The first-order chi connectivity index (χ1) is 15.5. The van der Waals surface area contributed by atoms with Crippen molar-refractivity contribution in [2.45, 2.75) is 46.7 Å². The van der Waals surface area contributed by atoms with Crippen LogP contribution in [0.4, 0.5) is 5.69 Å². The lowest BCUT2D eigenvalue weighted by molar-refractivity contribution is -0.140. The first-order valence-electron chi connectivity index (χ1n) is 10.8. The van der Waals surface area contributed by atoms with Crippen molar-refractivity contribution in [3.8, 4) is 0 Å². The van der Waals surface area contributed by atoms with Crippen LogP contribution in [-0.2, 0) is 26.2 Å². The third-order valence-corrected chi connectivity index (χ3v) is 6.74. The number of hydrogen-bond acceptors (Lipinski definition) is 4. The Kier molecular flexibility index (Phi) is 9.31. The van der Waals surface area contributed by atoms with Gasteiger partial charge in [-0.2, -0.15) is 0 Å². The summed E-state index contributed by atoms with van der Waals surface area (Å²) < 4.78 is 26.6. The van der Waals surface area contributed by atoms with Crippen molar-refractivity contribution in [1.82, 2.24) is 10.2 Å². The van der Waals surface area contributed by atoms with Gasteiger partial charge in [-0.05, 0) is 56.0 Å². The molecule has 33 heavy (non-hydrogen) atoms. The zero-order valence-corrected chi connectivity index (χ0v) is 21.3. The van der Waals surface area contributed by atoms with Crippen LogP contribution >= 0.6 is 11.6 Å². The first-order valence-corrected chi connectivity index (χ1v) is 13.1. The Bertz CT molecular complexity index is 1070. The molecular formula is C24H32ClN3O4S. The summed E-state index contributed by atoms with van der Waals surface area (Å²) in [4.78, 5) is 27.8. The second-order valence-electron chi connectivity index (χ2n) is 7.98. The number of hydrogen-bond donors (Lipinski definition) is 1. The number of carbonyl (C=O) groups excluding carboxylic acids is 2. The van der Waals surface area contributed by atoms with E-state index < -0.39 is 28.5 Å². The number of carbonyl (C=O) groups is 2. The minimum absolute atomic E-state index is 0.149. The average molecular weight is 494 g/mol. The molecule has 1 N–H and O–H groups in total. The molecule has 2 amide bonds. The number of para-hydroxylation sites is 1. The molecular weight excluding hydrogens is 462 g/mol. The summed E-state index contributed by atoms with van der Waals surface area (Å²) in [6.45, 7) is 7.41. The van der Waals surface area contributed by atoms with E-state index >= 15 is 0 Å². The highest BCUT2D eigenvalue weighted by atomic mass is 35.5. The maximum Gasteiger partial charge on any atom is 0.244 e. The molecule has 0 saturated carbocycles. The summed E-state index contributed by atoms with van der Waals surface area (Å²) in [5.41, 5.74) is 2.75. The molecule has 0 radical (unpaired) electrons. The fourth-order valence-corrected chi connectivity index (χ4v) is 4.86. The minimum Gasteiger partial charge on any atom is -0.355 e. The van der Waals surface area contributed by atoms with E-state index in [2.05, 4.69) is 5.32 Å². The minimum atomic E-state index is -3.77. The van der Waals surface area contributed by atoms with Crippen molar-refractivity contribution in [2.75, 3.05) is 23.7 Å². The highest BCUT2D eigenvalue weighted by Crippen LogP contribution is 2.27. The summed E-state index contributed by atoms with van der Waals surface area (Å²) in [6.07, 6.45) is 1.46. The number of anilines is 1. The molecule has 9 heteroatoms. The molecule has 0 heterocycles. The van der Waals surface area contributed by atoms with Crippen LogP contribution in [0, 0.1) is 13.8 Å². The van der Waals surface area contributed by atoms with Crippen LogP contribution in [0.3, 0.4) is 0 Å². The maximum absolute atomic E-state index is 13.6. The van der Waals surface area contributed by atoms with E-state index in [9.17, 15) is 18.0 Å². The van der Waals surface area contributed by atoms with Crippen LogP contribution in [-0.4, -0.2) is 50.5 Å². The summed E-state index contributed by atoms with van der Waals surface area (Å²) in [5.74, 6) is -0.739. The van der Waals surface area contributed by atoms with Gasteiger partial charge in [0, 0.05) is 18.1 Å². The molecule has 180 valence electrons. The van der Waals surface area contributed by atoms with E-state index in [1.807, 2.05) is 19.9 Å². The largest absolute Gasteiger partial charge is 0.355 e. The third-order valence-electron chi connectivity index (χ3n) is 5.37. The monoisotopic (exact) mass is 493 g/mol. The number of nitrogens with one attached hydrogen (secondary N) is 1. The van der Waals surface area contributed by atoms with Crippen molar-refractivity contribution < 1.29 is 18.0 Å². The van der Waals surface area contributed by atoms with E-state index in [4.69, 9.17) is 11.6 Å². The van der Waals surface area contributed by atoms with E-state index in [0.717, 1.165) is 27.3 Å². The molecule has 0 fully saturated rings. The Morgan fingerprint density at radius 3 is 2.09 bits per heavy atom. The average Bonchev–Trinajstić information content (AvgIpc) is 2.73. The Morgan fingerprint density at radius 1 is 1.03 bits per heavy atom. The third kappa shape index (κ3) is 6.95. The Labute approximate surface area is 201 Å². The van der Waals surface area contributed by atoms with Gasteiger partial charge in [-0.15, -0.1) is 0 Å². The van der Waals surface area contributed by atoms with Crippen LogP contribution in [0.2, 0.25) is 5.02 Å². The van der Waals surface area contributed by atoms with E-state index in [-0.39, 0.29) is 12.5 Å². The number of aryl methyl sites for hydroxylation is 2. The topological polar surface area (TPSA) is 86.8 Å². The van der Waals surface area contributed by atoms with Gasteiger partial charge in [0.1, 0.15) is 12.6 Å². The number of nitrogens with zero attached hydrogens (tertiary/aromatic N) is 2. The quantitative estimate of drug-likeness (QED) is 0.547. The van der Waals surface area contributed by atoms with E-state index in [1.54, 1.807) is 50.2 Å². The van der Waals surface area contributed by atoms with Crippen molar-refractivity contribution in [3.05, 3.63) is 64.2 Å². The van der Waals surface area contributed by atoms with Crippen molar-refractivity contribution in [2.24, 2.45) is 0 Å². The molecule has 2 aromatic carbocycles. The summed E-state index contributed by atoms with van der Waals surface area (Å²) in [7, 11) is -3.77. The van der Waals surface area contributed by atoms with Crippen LogP contribution in [0.15, 0.2) is 42.5 Å². The lowest BCUT2D eigenvalue weighted by Gasteiger charge is -2.33. The molecule has 0 spiro atoms. The van der Waals surface area contributed by atoms with Crippen LogP contribution in [0.5, 0.6) is 0 Å². The molecule has 0 saturated heterocycles. The molecule has 2 aromatic rings. The van der Waals surface area contributed by atoms with Crippen LogP contribution in [0.25, 0.3) is 0 Å². The van der Waals surface area contributed by atoms with E-state index in [0.29, 0.717) is 23.7 Å². The highest BCUT2D eigenvalue weighted by molar-refractivity contribution is 7.92. The number of likely N-dealkylation sites (N-methyl/N-ethyl adjacent to an activating group) is 1. The Balaban J connectivity index is 2.48. The maximum atomic E-state index is 13.6. The van der Waals surface area contributed by atoms with Gasteiger partial charge < -0.3 is 10.2 Å². The Hall–Kier alpha value is -2.58. The smallest absolute Gasteiger partial charge is 0.244 e. The fourth-order valence-electron chi connectivity index (χ4n) is 3.77. The molecule has 0 aromatic heterocycles. The molecule has 0 aliphatic rings. The van der Waals surface area contributed by atoms with Crippen molar-refractivity contribution in [3.63, 3.8) is 0 Å². The molecule has 7 nitrogen and oxygen atoms in total. The van der Waals surface area contributed by atoms with Gasteiger partial charge in [-0.25, -0.2) is 8.42 Å². The number of benzene rings is 2. The standard InChI is InChI=1S/C24H32ClN3O4S/c1-6-21(24(30)26-7-2)27(15-19-11-13-20(25)14-12-19)22(29)16-28(33(5,31)32)23-17(3)9-8-10-18(23)4/h8-14,21H,6-7,15-16H2,1-5H3,(H,26,30)/t21-/m1/s1. The normalized spacial score (nSPS) is 12.2. The first kappa shape index (κ1) is 26.7. The van der Waals surface area contributed by atoms with Crippen LogP contribution < -0.4 is 9.62 Å². The van der Waals surface area contributed by atoms with Gasteiger partial charge in [0.05, 0.1) is 11.9 Å². The van der Waals surface area contributed by atoms with Gasteiger partial charge in [-0.1, -0.05) is 48.9 Å². The van der Waals surface area contributed by atoms with Crippen molar-refractivity contribution >= 4 is 39.1 Å². The fraction of sp³-hybridized carbons (Fsp3) is 0.417. The van der Waals surface area contributed by atoms with Gasteiger partial charge in [0.15, 0.2) is 0 Å². The predicted octanol–water partition coefficient (Wildman–Crippen LogP) is 3.67. The van der Waals surface area contributed by atoms with Gasteiger partial charge in [0.2, 0.25) is 21.8 Å². The lowest BCUT2D eigenvalue weighted by Crippen LogP contribution is -2.52. The second kappa shape index (κ2) is 11.5. The molecule has 0 aliphatic heterocycles. The van der Waals surface area contributed by atoms with Crippen molar-refractivity contribution in [1.29, 1.82) is 0 Å². The summed E-state index contributed by atoms with van der Waals surface area (Å²) in [5, 5.41) is 3.34. The predicted molar refractivity (Wildman–Crippen MR) is 133 cm³/mol. The molecule has 2 rings (SSSR count). The lowest BCUT2D eigenvalue weighted by atomic mass is 10.1. The van der Waals surface area contributed by atoms with Crippen LogP contribution in [0.1, 0.15) is 37.0 Å². The van der Waals surface area contributed by atoms with Gasteiger partial charge >= 0.3 is 0 Å². The summed E-state index contributed by atoms with van der Waals surface area (Å²) in [6, 6.07) is 11.7. The highest BCUT2D eigenvalue weighted by Gasteiger charge is 2.32. The number of halogens is 1.